The van der Waals surface area contributed by atoms with Crippen LogP contribution in [0.5, 0.6) is 0 Å². The van der Waals surface area contributed by atoms with Crippen molar-refractivity contribution in [1.29, 1.82) is 0 Å². The Bertz CT molecular complexity index is 648. The number of hydrogen-bond donors (Lipinski definition) is 2. The van der Waals surface area contributed by atoms with Crippen LogP contribution >= 0.6 is 11.3 Å². The van der Waals surface area contributed by atoms with Gasteiger partial charge in [-0.05, 0) is 19.8 Å². The Hall–Kier alpha value is -1.93. The van der Waals surface area contributed by atoms with Crippen LogP contribution in [0.4, 0.5) is 10.5 Å². The van der Waals surface area contributed by atoms with E-state index in [1.54, 1.807) is 17.5 Å². The van der Waals surface area contributed by atoms with Gasteiger partial charge in [0.05, 0.1) is 29.5 Å². The Kier molecular flexibility index (Phi) is 5.24. The van der Waals surface area contributed by atoms with Gasteiger partial charge >= 0.3 is 6.03 Å². The maximum absolute atomic E-state index is 11.9. The molecule has 3 rings (SSSR count). The van der Waals surface area contributed by atoms with Crippen molar-refractivity contribution < 1.29 is 9.53 Å². The minimum Gasteiger partial charge on any atom is -0.376 e. The SMILES string of the molecule is Cc1cnc(CCNC(=O)Nc2cnn(C[C@@H]3CCCO3)c2)s1. The van der Waals surface area contributed by atoms with E-state index in [2.05, 4.69) is 20.7 Å². The van der Waals surface area contributed by atoms with Crippen LogP contribution in [-0.2, 0) is 17.7 Å². The first-order valence-corrected chi connectivity index (χ1v) is 8.61. The third-order valence-electron chi connectivity index (χ3n) is 3.60. The molecule has 2 amide bonds. The van der Waals surface area contributed by atoms with Crippen LogP contribution in [0.1, 0.15) is 22.7 Å². The minimum atomic E-state index is -0.227. The molecular formula is C15H21N5O2S. The van der Waals surface area contributed by atoms with Gasteiger partial charge in [-0.3, -0.25) is 4.68 Å². The number of rotatable bonds is 6. The number of anilines is 1. The standard InChI is InChI=1S/C15H21N5O2S/c1-11-7-17-14(23-11)4-5-16-15(21)19-12-8-18-20(9-12)10-13-3-2-6-22-13/h7-9,13H,2-6,10H2,1H3,(H2,16,19,21)/t13-/m0/s1. The third kappa shape index (κ3) is 4.77. The Morgan fingerprint density at radius 2 is 2.43 bits per heavy atom. The van der Waals surface area contributed by atoms with Gasteiger partial charge in [0, 0.05) is 36.8 Å². The molecule has 1 aliphatic heterocycles. The Morgan fingerprint density at radius 1 is 1.52 bits per heavy atom. The van der Waals surface area contributed by atoms with Crippen LogP contribution in [0.25, 0.3) is 0 Å². The first kappa shape index (κ1) is 15.9. The fraction of sp³-hybridized carbons (Fsp3) is 0.533. The lowest BCUT2D eigenvalue weighted by atomic mass is 10.2. The molecule has 0 aromatic carbocycles. The number of nitrogens with zero attached hydrogens (tertiary/aromatic N) is 3. The summed E-state index contributed by atoms with van der Waals surface area (Å²) in [4.78, 5) is 17.3. The van der Waals surface area contributed by atoms with Crippen molar-refractivity contribution in [3.63, 3.8) is 0 Å². The van der Waals surface area contributed by atoms with Crippen LogP contribution < -0.4 is 10.6 Å². The van der Waals surface area contributed by atoms with Gasteiger partial charge in [0.1, 0.15) is 0 Å². The van der Waals surface area contributed by atoms with Gasteiger partial charge < -0.3 is 15.4 Å². The fourth-order valence-corrected chi connectivity index (χ4v) is 3.29. The molecule has 2 aromatic rings. The van der Waals surface area contributed by atoms with E-state index in [1.165, 1.54) is 4.88 Å². The summed E-state index contributed by atoms with van der Waals surface area (Å²) in [6.45, 7) is 4.14. The molecule has 0 spiro atoms. The normalized spacial score (nSPS) is 17.3. The van der Waals surface area contributed by atoms with Crippen LogP contribution in [-0.4, -0.2) is 40.1 Å². The van der Waals surface area contributed by atoms with Crippen molar-refractivity contribution >= 4 is 23.1 Å². The molecule has 23 heavy (non-hydrogen) atoms. The van der Waals surface area contributed by atoms with Gasteiger partial charge in [-0.2, -0.15) is 5.10 Å². The highest BCUT2D eigenvalue weighted by molar-refractivity contribution is 7.11. The fourth-order valence-electron chi connectivity index (χ4n) is 2.50. The van der Waals surface area contributed by atoms with Crippen molar-refractivity contribution in [2.75, 3.05) is 18.5 Å². The number of ether oxygens (including phenoxy) is 1. The first-order chi connectivity index (χ1) is 11.2. The topological polar surface area (TPSA) is 81.1 Å². The zero-order chi connectivity index (χ0) is 16.1. The van der Waals surface area contributed by atoms with E-state index in [1.807, 2.05) is 24.0 Å². The zero-order valence-electron chi connectivity index (χ0n) is 13.1. The van der Waals surface area contributed by atoms with E-state index in [0.717, 1.165) is 37.4 Å². The predicted octanol–water partition coefficient (Wildman–Crippen LogP) is 2.19. The van der Waals surface area contributed by atoms with E-state index in [4.69, 9.17) is 4.74 Å². The molecule has 0 aliphatic carbocycles. The van der Waals surface area contributed by atoms with E-state index >= 15 is 0 Å². The van der Waals surface area contributed by atoms with Crippen molar-refractivity contribution in [1.82, 2.24) is 20.1 Å². The van der Waals surface area contributed by atoms with Crippen LogP contribution in [0, 0.1) is 6.92 Å². The molecule has 1 aliphatic rings. The molecule has 0 saturated carbocycles. The zero-order valence-corrected chi connectivity index (χ0v) is 13.9. The quantitative estimate of drug-likeness (QED) is 0.848. The second-order valence-corrected chi connectivity index (χ2v) is 6.90. The monoisotopic (exact) mass is 335 g/mol. The summed E-state index contributed by atoms with van der Waals surface area (Å²) in [5.74, 6) is 0. The molecule has 0 radical (unpaired) electrons. The van der Waals surface area contributed by atoms with E-state index in [9.17, 15) is 4.79 Å². The number of nitrogens with one attached hydrogen (secondary N) is 2. The van der Waals surface area contributed by atoms with Gasteiger partial charge in [0.2, 0.25) is 0 Å². The number of aromatic nitrogens is 3. The lowest BCUT2D eigenvalue weighted by Gasteiger charge is -2.08. The highest BCUT2D eigenvalue weighted by atomic mass is 32.1. The summed E-state index contributed by atoms with van der Waals surface area (Å²) in [6, 6.07) is -0.227. The Balaban J connectivity index is 1.40. The summed E-state index contributed by atoms with van der Waals surface area (Å²) in [5, 5.41) is 10.9. The molecule has 3 heterocycles. The van der Waals surface area contributed by atoms with Gasteiger partial charge in [-0.25, -0.2) is 9.78 Å². The number of carbonyl (C=O) groups excluding carboxylic acids is 1. The molecule has 124 valence electrons. The molecular weight excluding hydrogens is 314 g/mol. The third-order valence-corrected chi connectivity index (χ3v) is 4.57. The van der Waals surface area contributed by atoms with Crippen molar-refractivity contribution in [3.8, 4) is 0 Å². The molecule has 0 unspecified atom stereocenters. The molecule has 2 N–H and O–H groups in total. The second-order valence-electron chi connectivity index (χ2n) is 5.58. The summed E-state index contributed by atoms with van der Waals surface area (Å²) in [7, 11) is 0. The summed E-state index contributed by atoms with van der Waals surface area (Å²) >= 11 is 1.65. The van der Waals surface area contributed by atoms with Crippen LogP contribution in [0.3, 0.4) is 0 Å². The molecule has 0 bridgehead atoms. The van der Waals surface area contributed by atoms with Crippen molar-refractivity contribution in [2.45, 2.75) is 38.8 Å². The maximum atomic E-state index is 11.9. The van der Waals surface area contributed by atoms with Crippen molar-refractivity contribution in [2.24, 2.45) is 0 Å². The summed E-state index contributed by atoms with van der Waals surface area (Å²) in [5.41, 5.74) is 0.686. The lowest BCUT2D eigenvalue weighted by Crippen LogP contribution is -2.30. The second kappa shape index (κ2) is 7.56. The number of hydrogen-bond acceptors (Lipinski definition) is 5. The van der Waals surface area contributed by atoms with Crippen molar-refractivity contribution in [3.05, 3.63) is 28.5 Å². The number of amides is 2. The number of thiazole rings is 1. The van der Waals surface area contributed by atoms with Gasteiger partial charge in [-0.15, -0.1) is 11.3 Å². The van der Waals surface area contributed by atoms with E-state index < -0.39 is 0 Å². The average molecular weight is 335 g/mol. The summed E-state index contributed by atoms with van der Waals surface area (Å²) < 4.78 is 7.39. The number of carbonyl (C=O) groups is 1. The maximum Gasteiger partial charge on any atom is 0.319 e. The van der Waals surface area contributed by atoms with Gasteiger partial charge in [0.25, 0.3) is 0 Å². The molecule has 1 fully saturated rings. The van der Waals surface area contributed by atoms with Gasteiger partial charge in [-0.1, -0.05) is 0 Å². The molecule has 8 heteroatoms. The molecule has 2 aromatic heterocycles. The number of urea groups is 1. The minimum absolute atomic E-state index is 0.227. The number of aryl methyl sites for hydroxylation is 1. The van der Waals surface area contributed by atoms with Crippen LogP contribution in [0.2, 0.25) is 0 Å². The first-order valence-electron chi connectivity index (χ1n) is 7.79. The van der Waals surface area contributed by atoms with E-state index in [-0.39, 0.29) is 12.1 Å². The smallest absolute Gasteiger partial charge is 0.319 e. The molecule has 1 saturated heterocycles. The summed E-state index contributed by atoms with van der Waals surface area (Å²) in [6.07, 6.45) is 8.48. The average Bonchev–Trinajstić information content (AvgIpc) is 3.24. The van der Waals surface area contributed by atoms with Gasteiger partial charge in [0.15, 0.2) is 0 Å². The highest BCUT2D eigenvalue weighted by Gasteiger charge is 2.16. The van der Waals surface area contributed by atoms with Crippen LogP contribution in [0.15, 0.2) is 18.6 Å². The largest absolute Gasteiger partial charge is 0.376 e. The Morgan fingerprint density at radius 3 is 3.17 bits per heavy atom. The van der Waals surface area contributed by atoms with E-state index in [0.29, 0.717) is 12.2 Å². The molecule has 1 atom stereocenters. The predicted molar refractivity (Wildman–Crippen MR) is 88.8 cm³/mol. The lowest BCUT2D eigenvalue weighted by molar-refractivity contribution is 0.0940. The highest BCUT2D eigenvalue weighted by Crippen LogP contribution is 2.15. The Labute approximate surface area is 139 Å². The molecule has 7 nitrogen and oxygen atoms in total.